The number of rotatable bonds is 7. The SMILES string of the molecule is CCCCOn1ncc2cc(N(CC#N)C(=O)c3cccnc3)ccc21. The third-order valence-corrected chi connectivity index (χ3v) is 3.92. The lowest BCUT2D eigenvalue weighted by atomic mass is 10.2. The largest absolute Gasteiger partial charge is 0.396 e. The summed E-state index contributed by atoms with van der Waals surface area (Å²) in [5, 5.41) is 14.2. The maximum absolute atomic E-state index is 12.7. The van der Waals surface area contributed by atoms with Crippen LogP contribution in [0.5, 0.6) is 0 Å². The molecule has 0 N–H and O–H groups in total. The lowest BCUT2D eigenvalue weighted by molar-refractivity contribution is 0.0897. The molecule has 0 atom stereocenters. The van der Waals surface area contributed by atoms with Gasteiger partial charge in [0.05, 0.1) is 17.8 Å². The summed E-state index contributed by atoms with van der Waals surface area (Å²) in [7, 11) is 0. The summed E-state index contributed by atoms with van der Waals surface area (Å²) in [6.07, 6.45) is 6.77. The van der Waals surface area contributed by atoms with E-state index in [1.807, 2.05) is 18.2 Å². The normalized spacial score (nSPS) is 10.5. The number of nitrogens with zero attached hydrogens (tertiary/aromatic N) is 5. The monoisotopic (exact) mass is 349 g/mol. The minimum atomic E-state index is -0.273. The molecule has 2 aromatic heterocycles. The van der Waals surface area contributed by atoms with Crippen molar-refractivity contribution in [2.24, 2.45) is 0 Å². The summed E-state index contributed by atoms with van der Waals surface area (Å²) < 4.78 is 0. The predicted molar refractivity (Wildman–Crippen MR) is 97.6 cm³/mol. The van der Waals surface area contributed by atoms with Gasteiger partial charge in [0.2, 0.25) is 0 Å². The van der Waals surface area contributed by atoms with Gasteiger partial charge >= 0.3 is 0 Å². The molecule has 0 unspecified atom stereocenters. The maximum Gasteiger partial charge on any atom is 0.260 e. The maximum atomic E-state index is 12.7. The van der Waals surface area contributed by atoms with Crippen molar-refractivity contribution in [1.29, 1.82) is 5.26 Å². The van der Waals surface area contributed by atoms with Crippen molar-refractivity contribution >= 4 is 22.5 Å². The minimum Gasteiger partial charge on any atom is -0.396 e. The Labute approximate surface area is 151 Å². The number of anilines is 1. The Kier molecular flexibility index (Phi) is 5.44. The summed E-state index contributed by atoms with van der Waals surface area (Å²) in [5.74, 6) is -0.273. The molecule has 0 aliphatic carbocycles. The molecule has 0 radical (unpaired) electrons. The highest BCUT2D eigenvalue weighted by molar-refractivity contribution is 6.06. The highest BCUT2D eigenvalue weighted by Gasteiger charge is 2.18. The first-order chi connectivity index (χ1) is 12.7. The first-order valence-electron chi connectivity index (χ1n) is 8.44. The van der Waals surface area contributed by atoms with Crippen molar-refractivity contribution in [3.05, 3.63) is 54.5 Å². The van der Waals surface area contributed by atoms with Gasteiger partial charge in [-0.25, -0.2) is 0 Å². The van der Waals surface area contributed by atoms with Crippen molar-refractivity contribution in [1.82, 2.24) is 14.9 Å². The van der Waals surface area contributed by atoms with Crippen LogP contribution in [-0.2, 0) is 0 Å². The van der Waals surface area contributed by atoms with Crippen LogP contribution < -0.4 is 9.74 Å². The first-order valence-corrected chi connectivity index (χ1v) is 8.44. The van der Waals surface area contributed by atoms with Crippen LogP contribution in [0.3, 0.4) is 0 Å². The van der Waals surface area contributed by atoms with Gasteiger partial charge in [0.1, 0.15) is 18.7 Å². The van der Waals surface area contributed by atoms with Crippen LogP contribution in [0.25, 0.3) is 10.9 Å². The van der Waals surface area contributed by atoms with Gasteiger partial charge in [-0.1, -0.05) is 18.2 Å². The summed E-state index contributed by atoms with van der Waals surface area (Å²) in [6, 6.07) is 10.9. The molecule has 3 aromatic rings. The Balaban J connectivity index is 1.89. The molecule has 0 saturated carbocycles. The lowest BCUT2D eigenvalue weighted by Crippen LogP contribution is -2.31. The molecule has 0 bridgehead atoms. The Morgan fingerprint density at radius 2 is 2.23 bits per heavy atom. The number of hydrogen-bond donors (Lipinski definition) is 0. The molecule has 7 nitrogen and oxygen atoms in total. The Bertz CT molecular complexity index is 930. The number of unbranched alkanes of at least 4 members (excludes halogenated alkanes) is 1. The van der Waals surface area contributed by atoms with Gasteiger partial charge in [-0.2, -0.15) is 5.26 Å². The van der Waals surface area contributed by atoms with Crippen molar-refractivity contribution in [2.75, 3.05) is 18.1 Å². The van der Waals surface area contributed by atoms with Crippen molar-refractivity contribution in [2.45, 2.75) is 19.8 Å². The average molecular weight is 349 g/mol. The van der Waals surface area contributed by atoms with Gasteiger partial charge in [0, 0.05) is 23.5 Å². The molecule has 7 heteroatoms. The third-order valence-electron chi connectivity index (χ3n) is 3.92. The van der Waals surface area contributed by atoms with E-state index in [0.717, 1.165) is 23.7 Å². The van der Waals surface area contributed by atoms with Crippen LogP contribution in [0.1, 0.15) is 30.1 Å². The van der Waals surface area contributed by atoms with Crippen LogP contribution in [0.2, 0.25) is 0 Å². The second-order valence-corrected chi connectivity index (χ2v) is 5.74. The van der Waals surface area contributed by atoms with Crippen LogP contribution in [0.4, 0.5) is 5.69 Å². The molecule has 1 aromatic carbocycles. The topological polar surface area (TPSA) is 84.0 Å². The third kappa shape index (κ3) is 3.64. The fourth-order valence-electron chi connectivity index (χ4n) is 2.56. The quantitative estimate of drug-likeness (QED) is 0.484. The number of fused-ring (bicyclic) bond motifs is 1. The molecular formula is C19H19N5O2. The number of benzene rings is 1. The van der Waals surface area contributed by atoms with Gasteiger partial charge in [-0.3, -0.25) is 14.7 Å². The van der Waals surface area contributed by atoms with Crippen LogP contribution >= 0.6 is 0 Å². The van der Waals surface area contributed by atoms with Crippen molar-refractivity contribution in [3.8, 4) is 6.07 Å². The van der Waals surface area contributed by atoms with E-state index in [9.17, 15) is 4.79 Å². The van der Waals surface area contributed by atoms with Crippen LogP contribution in [-0.4, -0.2) is 34.0 Å². The van der Waals surface area contributed by atoms with E-state index >= 15 is 0 Å². The standard InChI is InChI=1S/C19H19N5O2/c1-2-3-11-26-24-18-7-6-17(12-16(18)14-22-24)23(10-8-20)19(25)15-5-4-9-21-13-15/h4-7,9,12-14H,2-3,10-11H2,1H3. The van der Waals surface area contributed by atoms with E-state index in [0.29, 0.717) is 17.9 Å². The molecule has 0 fully saturated rings. The second kappa shape index (κ2) is 8.12. The minimum absolute atomic E-state index is 0.0552. The van der Waals surface area contributed by atoms with E-state index in [1.165, 1.54) is 15.9 Å². The molecule has 0 spiro atoms. The van der Waals surface area contributed by atoms with E-state index in [2.05, 4.69) is 17.0 Å². The van der Waals surface area contributed by atoms with Gasteiger partial charge in [-0.15, -0.1) is 5.10 Å². The molecule has 132 valence electrons. The Morgan fingerprint density at radius 3 is 2.96 bits per heavy atom. The summed E-state index contributed by atoms with van der Waals surface area (Å²) in [4.78, 5) is 25.3. The number of hydrogen-bond acceptors (Lipinski definition) is 5. The second-order valence-electron chi connectivity index (χ2n) is 5.74. The average Bonchev–Trinajstić information content (AvgIpc) is 3.09. The van der Waals surface area contributed by atoms with E-state index in [-0.39, 0.29) is 12.5 Å². The molecule has 0 saturated heterocycles. The number of pyridine rings is 1. The zero-order valence-electron chi connectivity index (χ0n) is 14.5. The summed E-state index contributed by atoms with van der Waals surface area (Å²) in [5.41, 5.74) is 1.87. The number of nitriles is 1. The van der Waals surface area contributed by atoms with E-state index in [1.54, 1.807) is 30.6 Å². The molecule has 0 aliphatic rings. The highest BCUT2D eigenvalue weighted by Crippen LogP contribution is 2.23. The molecule has 0 aliphatic heterocycles. The molecule has 2 heterocycles. The Morgan fingerprint density at radius 1 is 1.35 bits per heavy atom. The fraction of sp³-hybridized carbons (Fsp3) is 0.263. The zero-order valence-corrected chi connectivity index (χ0v) is 14.5. The zero-order chi connectivity index (χ0) is 18.4. The number of carbonyl (C=O) groups is 1. The summed E-state index contributed by atoms with van der Waals surface area (Å²) >= 11 is 0. The number of amides is 1. The first kappa shape index (κ1) is 17.4. The van der Waals surface area contributed by atoms with Gasteiger partial charge in [0.25, 0.3) is 5.91 Å². The molecular weight excluding hydrogens is 330 g/mol. The lowest BCUT2D eigenvalue weighted by Gasteiger charge is -2.19. The van der Waals surface area contributed by atoms with Crippen LogP contribution in [0, 0.1) is 11.3 Å². The number of aromatic nitrogens is 3. The predicted octanol–water partition coefficient (Wildman–Crippen LogP) is 2.83. The highest BCUT2D eigenvalue weighted by atomic mass is 16.7. The molecule has 26 heavy (non-hydrogen) atoms. The molecule has 1 amide bonds. The fourth-order valence-corrected chi connectivity index (χ4v) is 2.56. The van der Waals surface area contributed by atoms with Crippen molar-refractivity contribution in [3.63, 3.8) is 0 Å². The van der Waals surface area contributed by atoms with E-state index in [4.69, 9.17) is 10.1 Å². The number of carbonyl (C=O) groups excluding carboxylic acids is 1. The van der Waals surface area contributed by atoms with Gasteiger partial charge in [0.15, 0.2) is 0 Å². The smallest absolute Gasteiger partial charge is 0.260 e. The van der Waals surface area contributed by atoms with Crippen LogP contribution in [0.15, 0.2) is 48.9 Å². The van der Waals surface area contributed by atoms with Crippen molar-refractivity contribution < 1.29 is 9.63 Å². The van der Waals surface area contributed by atoms with Gasteiger partial charge in [-0.05, 0) is 36.8 Å². The van der Waals surface area contributed by atoms with Gasteiger partial charge < -0.3 is 4.84 Å². The summed E-state index contributed by atoms with van der Waals surface area (Å²) in [6.45, 7) is 2.63. The Hall–Kier alpha value is -3.40. The molecule has 3 rings (SSSR count). The van der Waals surface area contributed by atoms with E-state index < -0.39 is 0 Å².